The van der Waals surface area contributed by atoms with Crippen LogP contribution in [0.25, 0.3) is 0 Å². The fourth-order valence-electron chi connectivity index (χ4n) is 1.74. The van der Waals surface area contributed by atoms with Crippen molar-refractivity contribution in [2.24, 2.45) is 5.41 Å². The maximum atomic E-state index is 10.2. The first kappa shape index (κ1) is 9.53. The van der Waals surface area contributed by atoms with Crippen LogP contribution in [-0.4, -0.2) is 12.2 Å². The third-order valence-corrected chi connectivity index (χ3v) is 3.13. The molecule has 1 N–H and O–H groups in total. The van der Waals surface area contributed by atoms with E-state index in [-0.39, 0.29) is 5.41 Å². The lowest BCUT2D eigenvalue weighted by molar-refractivity contribution is 0.101. The third kappa shape index (κ3) is 1.50. The van der Waals surface area contributed by atoms with Crippen molar-refractivity contribution >= 4 is 0 Å². The molecule has 2 rings (SSSR count). The molecule has 14 heavy (non-hydrogen) atoms. The molecule has 2 heteroatoms. The zero-order valence-electron chi connectivity index (χ0n) is 8.66. The summed E-state index contributed by atoms with van der Waals surface area (Å²) in [4.78, 5) is 0. The molecular formula is C12H16O2. The number of methoxy groups -OCH3 is 1. The van der Waals surface area contributed by atoms with Gasteiger partial charge in [0.15, 0.2) is 0 Å². The monoisotopic (exact) mass is 192 g/mol. The van der Waals surface area contributed by atoms with Crippen molar-refractivity contribution in [2.45, 2.75) is 25.9 Å². The molecule has 1 aromatic carbocycles. The minimum atomic E-state index is -0.390. The maximum Gasteiger partial charge on any atom is 0.124 e. The van der Waals surface area contributed by atoms with Crippen molar-refractivity contribution in [1.82, 2.24) is 0 Å². The molecule has 1 unspecified atom stereocenters. The van der Waals surface area contributed by atoms with Crippen LogP contribution >= 0.6 is 0 Å². The van der Waals surface area contributed by atoms with Gasteiger partial charge in [-0.25, -0.2) is 0 Å². The van der Waals surface area contributed by atoms with Gasteiger partial charge in [0.25, 0.3) is 0 Å². The van der Waals surface area contributed by atoms with Gasteiger partial charge in [-0.2, -0.15) is 0 Å². The van der Waals surface area contributed by atoms with E-state index in [1.165, 1.54) is 0 Å². The third-order valence-electron chi connectivity index (χ3n) is 3.13. The van der Waals surface area contributed by atoms with E-state index < -0.39 is 6.10 Å². The molecule has 1 aliphatic carbocycles. The average Bonchev–Trinajstić information content (AvgIpc) is 2.97. The predicted molar refractivity (Wildman–Crippen MR) is 55.3 cm³/mol. The quantitative estimate of drug-likeness (QED) is 0.797. The highest BCUT2D eigenvalue weighted by Crippen LogP contribution is 2.55. The summed E-state index contributed by atoms with van der Waals surface area (Å²) in [7, 11) is 1.64. The van der Waals surface area contributed by atoms with Gasteiger partial charge in [0.1, 0.15) is 5.75 Å². The number of hydrogen-bond donors (Lipinski definition) is 1. The Balaban J connectivity index is 2.30. The normalized spacial score (nSPS) is 20.2. The van der Waals surface area contributed by atoms with E-state index in [2.05, 4.69) is 6.92 Å². The van der Waals surface area contributed by atoms with E-state index in [9.17, 15) is 5.11 Å². The fourth-order valence-corrected chi connectivity index (χ4v) is 1.74. The summed E-state index contributed by atoms with van der Waals surface area (Å²) in [5, 5.41) is 10.2. The Morgan fingerprint density at radius 2 is 2.00 bits per heavy atom. The minimum Gasteiger partial charge on any atom is -0.496 e. The summed E-state index contributed by atoms with van der Waals surface area (Å²) in [6.07, 6.45) is 1.82. The van der Waals surface area contributed by atoms with Gasteiger partial charge in [-0.05, 0) is 24.3 Å². The highest BCUT2D eigenvalue weighted by molar-refractivity contribution is 5.36. The second-order valence-corrected chi connectivity index (χ2v) is 4.30. The zero-order chi connectivity index (χ0) is 10.2. The Morgan fingerprint density at radius 1 is 1.36 bits per heavy atom. The highest BCUT2D eigenvalue weighted by Gasteiger charge is 2.45. The molecule has 1 atom stereocenters. The first-order valence-corrected chi connectivity index (χ1v) is 4.98. The van der Waals surface area contributed by atoms with Crippen molar-refractivity contribution in [3.63, 3.8) is 0 Å². The summed E-state index contributed by atoms with van der Waals surface area (Å²) < 4.78 is 5.23. The molecule has 1 aliphatic rings. The first-order valence-electron chi connectivity index (χ1n) is 4.98. The van der Waals surface area contributed by atoms with Crippen molar-refractivity contribution in [3.8, 4) is 5.75 Å². The molecule has 0 heterocycles. The number of ether oxygens (including phenoxy) is 1. The molecule has 1 saturated carbocycles. The lowest BCUT2D eigenvalue weighted by Crippen LogP contribution is -2.10. The standard InChI is InChI=1S/C12H16O2/c1-12(7-8-12)11(13)9-5-3-4-6-10(9)14-2/h3-6,11,13H,7-8H2,1-2H3. The summed E-state index contributed by atoms with van der Waals surface area (Å²) >= 11 is 0. The summed E-state index contributed by atoms with van der Waals surface area (Å²) in [6, 6.07) is 7.69. The minimum absolute atomic E-state index is 0.0780. The van der Waals surface area contributed by atoms with Crippen LogP contribution in [0.1, 0.15) is 31.4 Å². The SMILES string of the molecule is COc1ccccc1C(O)C1(C)CC1. The van der Waals surface area contributed by atoms with Crippen LogP contribution in [0.15, 0.2) is 24.3 Å². The molecule has 0 saturated heterocycles. The summed E-state index contributed by atoms with van der Waals surface area (Å²) in [5.74, 6) is 0.785. The number of hydrogen-bond acceptors (Lipinski definition) is 2. The molecule has 2 nitrogen and oxygen atoms in total. The Labute approximate surface area is 84.5 Å². The van der Waals surface area contributed by atoms with Crippen LogP contribution in [0.3, 0.4) is 0 Å². The molecule has 76 valence electrons. The second-order valence-electron chi connectivity index (χ2n) is 4.30. The van der Waals surface area contributed by atoms with E-state index >= 15 is 0 Å². The number of rotatable bonds is 3. The fraction of sp³-hybridized carbons (Fsp3) is 0.500. The average molecular weight is 192 g/mol. The Hall–Kier alpha value is -1.02. The summed E-state index contributed by atoms with van der Waals surface area (Å²) in [5.41, 5.74) is 0.990. The van der Waals surface area contributed by atoms with E-state index in [1.54, 1.807) is 7.11 Å². The highest BCUT2D eigenvalue weighted by atomic mass is 16.5. The van der Waals surface area contributed by atoms with Crippen LogP contribution in [0, 0.1) is 5.41 Å². The lowest BCUT2D eigenvalue weighted by Gasteiger charge is -2.20. The smallest absolute Gasteiger partial charge is 0.124 e. The molecule has 0 spiro atoms. The first-order chi connectivity index (χ1) is 6.67. The molecule has 1 aromatic rings. The van der Waals surface area contributed by atoms with Crippen LogP contribution in [0.2, 0.25) is 0 Å². The number of benzene rings is 1. The van der Waals surface area contributed by atoms with Gasteiger partial charge in [-0.15, -0.1) is 0 Å². The van der Waals surface area contributed by atoms with Crippen molar-refractivity contribution < 1.29 is 9.84 Å². The maximum absolute atomic E-state index is 10.2. The van der Waals surface area contributed by atoms with Gasteiger partial charge < -0.3 is 9.84 Å². The Bertz CT molecular complexity index is 329. The molecule has 0 amide bonds. The number of para-hydroxylation sites is 1. The van der Waals surface area contributed by atoms with Gasteiger partial charge in [0.05, 0.1) is 13.2 Å². The van der Waals surface area contributed by atoms with Crippen molar-refractivity contribution in [2.75, 3.05) is 7.11 Å². The number of aliphatic hydroxyl groups excluding tert-OH is 1. The van der Waals surface area contributed by atoms with Crippen LogP contribution in [0.5, 0.6) is 5.75 Å². The molecule has 1 fully saturated rings. The largest absolute Gasteiger partial charge is 0.496 e. The topological polar surface area (TPSA) is 29.5 Å². The lowest BCUT2D eigenvalue weighted by atomic mass is 9.94. The van der Waals surface area contributed by atoms with Gasteiger partial charge in [-0.1, -0.05) is 25.1 Å². The summed E-state index contributed by atoms with van der Waals surface area (Å²) in [6.45, 7) is 2.12. The molecule has 0 aliphatic heterocycles. The molecule has 0 aromatic heterocycles. The second kappa shape index (κ2) is 3.28. The van der Waals surface area contributed by atoms with Gasteiger partial charge in [0, 0.05) is 5.56 Å². The van der Waals surface area contributed by atoms with E-state index in [4.69, 9.17) is 4.74 Å². The zero-order valence-corrected chi connectivity index (χ0v) is 8.66. The van der Waals surface area contributed by atoms with Crippen molar-refractivity contribution in [1.29, 1.82) is 0 Å². The molecule has 0 radical (unpaired) electrons. The van der Waals surface area contributed by atoms with Crippen LogP contribution in [-0.2, 0) is 0 Å². The van der Waals surface area contributed by atoms with Gasteiger partial charge >= 0.3 is 0 Å². The van der Waals surface area contributed by atoms with Crippen LogP contribution < -0.4 is 4.74 Å². The van der Waals surface area contributed by atoms with Gasteiger partial charge in [0.2, 0.25) is 0 Å². The predicted octanol–water partition coefficient (Wildman–Crippen LogP) is 2.53. The van der Waals surface area contributed by atoms with Gasteiger partial charge in [-0.3, -0.25) is 0 Å². The van der Waals surface area contributed by atoms with E-state index in [0.29, 0.717) is 0 Å². The van der Waals surface area contributed by atoms with Crippen LogP contribution in [0.4, 0.5) is 0 Å². The Morgan fingerprint density at radius 3 is 2.57 bits per heavy atom. The Kier molecular flexibility index (Phi) is 2.23. The van der Waals surface area contributed by atoms with E-state index in [1.807, 2.05) is 24.3 Å². The molecular weight excluding hydrogens is 176 g/mol. The molecule has 0 bridgehead atoms. The van der Waals surface area contributed by atoms with E-state index in [0.717, 1.165) is 24.2 Å². The van der Waals surface area contributed by atoms with Crippen molar-refractivity contribution in [3.05, 3.63) is 29.8 Å². The number of aliphatic hydroxyl groups is 1.